The van der Waals surface area contributed by atoms with Gasteiger partial charge in [-0.3, -0.25) is 4.98 Å². The molecule has 0 saturated carbocycles. The van der Waals surface area contributed by atoms with Gasteiger partial charge in [0.05, 0.1) is 17.4 Å². The minimum atomic E-state index is -0.924. The number of carboxylic acids is 1. The van der Waals surface area contributed by atoms with Crippen molar-refractivity contribution in [3.05, 3.63) is 24.0 Å². The Kier molecular flexibility index (Phi) is 3.58. The van der Waals surface area contributed by atoms with Crippen molar-refractivity contribution < 1.29 is 15.0 Å². The van der Waals surface area contributed by atoms with Crippen LogP contribution in [0, 0.1) is 5.92 Å². The Hall–Kier alpha value is -1.62. The van der Waals surface area contributed by atoms with Crippen LogP contribution in [-0.4, -0.2) is 40.9 Å². The zero-order valence-corrected chi connectivity index (χ0v) is 9.54. The summed E-state index contributed by atoms with van der Waals surface area (Å²) in [6.07, 6.45) is 4.88. The van der Waals surface area contributed by atoms with Crippen LogP contribution in [0.25, 0.3) is 0 Å². The van der Waals surface area contributed by atoms with Crippen molar-refractivity contribution in [3.63, 3.8) is 0 Å². The van der Waals surface area contributed by atoms with E-state index in [1.54, 1.807) is 6.20 Å². The molecule has 0 aliphatic carbocycles. The van der Waals surface area contributed by atoms with E-state index in [9.17, 15) is 4.79 Å². The predicted octanol–water partition coefficient (Wildman–Crippen LogP) is 0.988. The van der Waals surface area contributed by atoms with Crippen LogP contribution in [0.3, 0.4) is 0 Å². The molecule has 0 atom stereocenters. The van der Waals surface area contributed by atoms with E-state index >= 15 is 0 Å². The summed E-state index contributed by atoms with van der Waals surface area (Å²) in [5.74, 6) is -0.581. The molecule has 0 aromatic carbocycles. The van der Waals surface area contributed by atoms with Crippen molar-refractivity contribution >= 4 is 11.7 Å². The fraction of sp³-hybridized carbons (Fsp3) is 0.500. The highest BCUT2D eigenvalue weighted by molar-refractivity contribution is 5.94. The lowest BCUT2D eigenvalue weighted by atomic mass is 9.97. The number of carboxylic acid groups (broad SMARTS) is 1. The predicted molar refractivity (Wildman–Crippen MR) is 63.2 cm³/mol. The zero-order chi connectivity index (χ0) is 12.3. The molecule has 1 saturated heterocycles. The van der Waals surface area contributed by atoms with Crippen LogP contribution in [0.1, 0.15) is 23.2 Å². The highest BCUT2D eigenvalue weighted by atomic mass is 16.4. The van der Waals surface area contributed by atoms with E-state index in [1.807, 2.05) is 4.90 Å². The van der Waals surface area contributed by atoms with E-state index in [-0.39, 0.29) is 6.61 Å². The Balaban J connectivity index is 2.15. The molecule has 5 nitrogen and oxygen atoms in total. The molecule has 1 aliphatic rings. The minimum Gasteiger partial charge on any atom is -0.478 e. The van der Waals surface area contributed by atoms with E-state index in [4.69, 9.17) is 10.2 Å². The number of hydrogen-bond acceptors (Lipinski definition) is 4. The molecule has 92 valence electrons. The fourth-order valence-electron chi connectivity index (χ4n) is 2.18. The second kappa shape index (κ2) is 5.14. The second-order valence-electron chi connectivity index (χ2n) is 4.31. The first-order chi connectivity index (χ1) is 8.22. The molecule has 1 aromatic heterocycles. The molecule has 2 rings (SSSR count). The molecule has 0 amide bonds. The smallest absolute Gasteiger partial charge is 0.337 e. The molecule has 2 heterocycles. The minimum absolute atomic E-state index is 0.215. The number of rotatable bonds is 3. The number of aliphatic hydroxyl groups is 1. The molecule has 1 fully saturated rings. The number of pyridine rings is 1. The van der Waals surface area contributed by atoms with Crippen molar-refractivity contribution in [2.45, 2.75) is 12.8 Å². The SMILES string of the molecule is O=C(O)c1ccncc1N1CCC(CO)CC1. The van der Waals surface area contributed by atoms with Gasteiger partial charge in [-0.05, 0) is 24.8 Å². The fourth-order valence-corrected chi connectivity index (χ4v) is 2.18. The molecule has 1 aromatic rings. The molecular formula is C12H16N2O3. The van der Waals surface area contributed by atoms with Crippen molar-refractivity contribution in [1.82, 2.24) is 4.98 Å². The third-order valence-electron chi connectivity index (χ3n) is 3.24. The summed E-state index contributed by atoms with van der Waals surface area (Å²) >= 11 is 0. The lowest BCUT2D eigenvalue weighted by Gasteiger charge is -2.33. The Morgan fingerprint density at radius 1 is 1.47 bits per heavy atom. The monoisotopic (exact) mass is 236 g/mol. The third kappa shape index (κ3) is 2.55. The number of carbonyl (C=O) groups is 1. The number of hydrogen-bond donors (Lipinski definition) is 2. The highest BCUT2D eigenvalue weighted by Gasteiger charge is 2.22. The Bertz CT molecular complexity index is 400. The largest absolute Gasteiger partial charge is 0.478 e. The lowest BCUT2D eigenvalue weighted by molar-refractivity contribution is 0.0697. The van der Waals surface area contributed by atoms with Gasteiger partial charge in [0.15, 0.2) is 0 Å². The maximum absolute atomic E-state index is 11.1. The number of aromatic nitrogens is 1. The van der Waals surface area contributed by atoms with Gasteiger partial charge >= 0.3 is 5.97 Å². The second-order valence-corrected chi connectivity index (χ2v) is 4.31. The van der Waals surface area contributed by atoms with Crippen LogP contribution >= 0.6 is 0 Å². The van der Waals surface area contributed by atoms with E-state index in [2.05, 4.69) is 4.98 Å². The van der Waals surface area contributed by atoms with Gasteiger partial charge in [-0.15, -0.1) is 0 Å². The molecule has 0 spiro atoms. The van der Waals surface area contributed by atoms with E-state index in [0.29, 0.717) is 17.2 Å². The quantitative estimate of drug-likeness (QED) is 0.818. The van der Waals surface area contributed by atoms with Crippen LogP contribution in [0.2, 0.25) is 0 Å². The number of aromatic carboxylic acids is 1. The van der Waals surface area contributed by atoms with Gasteiger partial charge in [0.1, 0.15) is 0 Å². The van der Waals surface area contributed by atoms with Crippen LogP contribution < -0.4 is 4.90 Å². The summed E-state index contributed by atoms with van der Waals surface area (Å²) in [6.45, 7) is 1.76. The maximum atomic E-state index is 11.1. The van der Waals surface area contributed by atoms with Gasteiger partial charge in [0.2, 0.25) is 0 Å². The molecule has 0 radical (unpaired) electrons. The molecule has 0 unspecified atom stereocenters. The highest BCUT2D eigenvalue weighted by Crippen LogP contribution is 2.25. The number of aliphatic hydroxyl groups excluding tert-OH is 1. The van der Waals surface area contributed by atoms with Crippen molar-refractivity contribution in [3.8, 4) is 0 Å². The Labute approximate surface area is 99.7 Å². The van der Waals surface area contributed by atoms with Gasteiger partial charge < -0.3 is 15.1 Å². The molecule has 5 heteroatoms. The standard InChI is InChI=1S/C12H16N2O3/c15-8-9-2-5-14(6-3-9)11-7-13-4-1-10(11)12(16)17/h1,4,7,9,15H,2-3,5-6,8H2,(H,16,17). The van der Waals surface area contributed by atoms with Crippen LogP contribution in [0.4, 0.5) is 5.69 Å². The lowest BCUT2D eigenvalue weighted by Crippen LogP contribution is -2.35. The molecule has 0 bridgehead atoms. The summed E-state index contributed by atoms with van der Waals surface area (Å²) in [6, 6.07) is 1.52. The maximum Gasteiger partial charge on any atom is 0.337 e. The topological polar surface area (TPSA) is 73.7 Å². The van der Waals surface area contributed by atoms with Gasteiger partial charge in [0, 0.05) is 25.9 Å². The average Bonchev–Trinajstić information content (AvgIpc) is 2.39. The summed E-state index contributed by atoms with van der Waals surface area (Å²) in [7, 11) is 0. The van der Waals surface area contributed by atoms with Gasteiger partial charge in [-0.1, -0.05) is 0 Å². The molecular weight excluding hydrogens is 220 g/mol. The van der Waals surface area contributed by atoms with Crippen LogP contribution in [-0.2, 0) is 0 Å². The first kappa shape index (κ1) is 11.9. The molecule has 1 aliphatic heterocycles. The van der Waals surface area contributed by atoms with Crippen LogP contribution in [0.5, 0.6) is 0 Å². The van der Waals surface area contributed by atoms with Crippen molar-refractivity contribution in [2.75, 3.05) is 24.6 Å². The first-order valence-electron chi connectivity index (χ1n) is 5.75. The number of anilines is 1. The average molecular weight is 236 g/mol. The van der Waals surface area contributed by atoms with Crippen molar-refractivity contribution in [2.24, 2.45) is 5.92 Å². The normalized spacial score (nSPS) is 17.1. The van der Waals surface area contributed by atoms with Gasteiger partial charge in [-0.2, -0.15) is 0 Å². The Morgan fingerprint density at radius 2 is 2.18 bits per heavy atom. The third-order valence-corrected chi connectivity index (χ3v) is 3.24. The van der Waals surface area contributed by atoms with Crippen molar-refractivity contribution in [1.29, 1.82) is 0 Å². The zero-order valence-electron chi connectivity index (χ0n) is 9.54. The van der Waals surface area contributed by atoms with E-state index < -0.39 is 5.97 Å². The molecule has 2 N–H and O–H groups in total. The van der Waals surface area contributed by atoms with Gasteiger partial charge in [0.25, 0.3) is 0 Å². The summed E-state index contributed by atoms with van der Waals surface area (Å²) in [5, 5.41) is 18.2. The van der Waals surface area contributed by atoms with Crippen LogP contribution in [0.15, 0.2) is 18.5 Å². The van der Waals surface area contributed by atoms with E-state index in [1.165, 1.54) is 12.3 Å². The molecule has 17 heavy (non-hydrogen) atoms. The summed E-state index contributed by atoms with van der Waals surface area (Å²) < 4.78 is 0. The first-order valence-corrected chi connectivity index (χ1v) is 5.75. The van der Waals surface area contributed by atoms with Gasteiger partial charge in [-0.25, -0.2) is 4.79 Å². The van der Waals surface area contributed by atoms with E-state index in [0.717, 1.165) is 25.9 Å². The Morgan fingerprint density at radius 3 is 2.76 bits per heavy atom. The number of piperidine rings is 1. The summed E-state index contributed by atoms with van der Waals surface area (Å²) in [5.41, 5.74) is 0.971. The summed E-state index contributed by atoms with van der Waals surface area (Å²) in [4.78, 5) is 17.1. The number of nitrogens with zero attached hydrogens (tertiary/aromatic N) is 2.